The van der Waals surface area contributed by atoms with Gasteiger partial charge < -0.3 is 0 Å². The van der Waals surface area contributed by atoms with Gasteiger partial charge in [0, 0.05) is 29.5 Å². The molecule has 0 saturated carbocycles. The highest BCUT2D eigenvalue weighted by molar-refractivity contribution is 6.34. The van der Waals surface area contributed by atoms with Gasteiger partial charge in [0.15, 0.2) is 0 Å². The number of rotatable bonds is 2. The lowest BCUT2D eigenvalue weighted by atomic mass is 10.1. The molecule has 2 aromatic heterocycles. The van der Waals surface area contributed by atoms with Crippen molar-refractivity contribution >= 4 is 34.5 Å². The first-order chi connectivity index (χ1) is 9.34. The van der Waals surface area contributed by atoms with E-state index in [1.165, 1.54) is 0 Å². The minimum absolute atomic E-state index is 0.536. The minimum atomic E-state index is 0.536. The third-order valence-electron chi connectivity index (χ3n) is 2.92. The van der Waals surface area contributed by atoms with Gasteiger partial charge in [-0.2, -0.15) is 0 Å². The zero-order chi connectivity index (χ0) is 13.1. The van der Waals surface area contributed by atoms with E-state index in [4.69, 9.17) is 11.6 Å². The highest BCUT2D eigenvalue weighted by Gasteiger charge is 2.02. The standard InChI is InChI=1S/C16H11ClN2/c17-16-15-6-2-1-5-14(15)13(11-19-16)8-7-12-4-3-9-18-10-12/h1-11H. The predicted molar refractivity (Wildman–Crippen MR) is 79.9 cm³/mol. The third-order valence-corrected chi connectivity index (χ3v) is 3.22. The molecule has 0 fully saturated rings. The zero-order valence-corrected chi connectivity index (χ0v) is 10.9. The molecule has 2 nitrogen and oxygen atoms in total. The highest BCUT2D eigenvalue weighted by Crippen LogP contribution is 2.25. The first-order valence-electron chi connectivity index (χ1n) is 5.96. The summed E-state index contributed by atoms with van der Waals surface area (Å²) in [5.74, 6) is 0. The Morgan fingerprint density at radius 3 is 2.53 bits per heavy atom. The van der Waals surface area contributed by atoms with Crippen LogP contribution in [0.5, 0.6) is 0 Å². The van der Waals surface area contributed by atoms with Crippen molar-refractivity contribution in [3.05, 3.63) is 71.3 Å². The number of aromatic nitrogens is 2. The molecule has 1 aromatic carbocycles. The number of fused-ring (bicyclic) bond motifs is 1. The number of benzene rings is 1. The van der Waals surface area contributed by atoms with Gasteiger partial charge in [-0.15, -0.1) is 0 Å². The van der Waals surface area contributed by atoms with Gasteiger partial charge in [0.2, 0.25) is 0 Å². The van der Waals surface area contributed by atoms with Gasteiger partial charge in [-0.1, -0.05) is 54.1 Å². The molecule has 0 aliphatic heterocycles. The quantitative estimate of drug-likeness (QED) is 0.640. The number of pyridine rings is 2. The Hall–Kier alpha value is -2.19. The van der Waals surface area contributed by atoms with Crippen molar-refractivity contribution in [3.63, 3.8) is 0 Å². The lowest BCUT2D eigenvalue weighted by Gasteiger charge is -2.03. The number of halogens is 1. The van der Waals surface area contributed by atoms with Crippen molar-refractivity contribution in [1.29, 1.82) is 0 Å². The summed E-state index contributed by atoms with van der Waals surface area (Å²) in [4.78, 5) is 8.30. The van der Waals surface area contributed by atoms with Gasteiger partial charge in [-0.3, -0.25) is 4.98 Å². The number of hydrogen-bond acceptors (Lipinski definition) is 2. The average Bonchev–Trinajstić information content (AvgIpc) is 2.48. The summed E-state index contributed by atoms with van der Waals surface area (Å²) in [7, 11) is 0. The van der Waals surface area contributed by atoms with E-state index in [1.54, 1.807) is 12.4 Å². The van der Waals surface area contributed by atoms with Crippen LogP contribution in [0, 0.1) is 0 Å². The summed E-state index contributed by atoms with van der Waals surface area (Å²) in [6, 6.07) is 11.9. The van der Waals surface area contributed by atoms with Gasteiger partial charge in [-0.25, -0.2) is 4.98 Å². The van der Waals surface area contributed by atoms with Crippen LogP contribution in [-0.2, 0) is 0 Å². The second-order valence-electron chi connectivity index (χ2n) is 4.17. The predicted octanol–water partition coefficient (Wildman–Crippen LogP) is 4.45. The normalized spacial score (nSPS) is 11.2. The Morgan fingerprint density at radius 2 is 1.74 bits per heavy atom. The van der Waals surface area contributed by atoms with Crippen molar-refractivity contribution in [3.8, 4) is 0 Å². The SMILES string of the molecule is Clc1ncc(C=Cc2cccnc2)c2ccccc12. The first kappa shape index (κ1) is 11.9. The largest absolute Gasteiger partial charge is 0.264 e. The molecular weight excluding hydrogens is 256 g/mol. The van der Waals surface area contributed by atoms with Crippen LogP contribution < -0.4 is 0 Å². The van der Waals surface area contributed by atoms with E-state index in [-0.39, 0.29) is 0 Å². The Kier molecular flexibility index (Phi) is 3.25. The fourth-order valence-electron chi connectivity index (χ4n) is 1.97. The van der Waals surface area contributed by atoms with Crippen molar-refractivity contribution in [2.75, 3.05) is 0 Å². The molecule has 0 amide bonds. The molecule has 0 unspecified atom stereocenters. The average molecular weight is 267 g/mol. The molecule has 0 aliphatic carbocycles. The molecule has 0 spiro atoms. The van der Waals surface area contributed by atoms with Crippen LogP contribution in [0.25, 0.3) is 22.9 Å². The summed E-state index contributed by atoms with van der Waals surface area (Å²) in [5.41, 5.74) is 2.10. The molecule has 0 saturated heterocycles. The van der Waals surface area contributed by atoms with Crippen LogP contribution >= 0.6 is 11.6 Å². The maximum atomic E-state index is 6.10. The topological polar surface area (TPSA) is 25.8 Å². The lowest BCUT2D eigenvalue weighted by Crippen LogP contribution is -1.83. The third kappa shape index (κ3) is 2.49. The van der Waals surface area contributed by atoms with Crippen LogP contribution in [0.3, 0.4) is 0 Å². The fourth-order valence-corrected chi connectivity index (χ4v) is 2.19. The number of hydrogen-bond donors (Lipinski definition) is 0. The minimum Gasteiger partial charge on any atom is -0.264 e. The summed E-state index contributed by atoms with van der Waals surface area (Å²) in [6.45, 7) is 0. The van der Waals surface area contributed by atoms with E-state index in [0.717, 1.165) is 21.9 Å². The summed E-state index contributed by atoms with van der Waals surface area (Å²) < 4.78 is 0. The second-order valence-corrected chi connectivity index (χ2v) is 4.53. The van der Waals surface area contributed by atoms with E-state index >= 15 is 0 Å². The molecule has 19 heavy (non-hydrogen) atoms. The van der Waals surface area contributed by atoms with Crippen LogP contribution in [0.4, 0.5) is 0 Å². The monoisotopic (exact) mass is 266 g/mol. The Bertz CT molecular complexity index is 736. The van der Waals surface area contributed by atoms with Crippen LogP contribution in [-0.4, -0.2) is 9.97 Å². The van der Waals surface area contributed by atoms with Crippen LogP contribution in [0.15, 0.2) is 55.0 Å². The van der Waals surface area contributed by atoms with E-state index in [2.05, 4.69) is 9.97 Å². The van der Waals surface area contributed by atoms with Crippen LogP contribution in [0.1, 0.15) is 11.1 Å². The van der Waals surface area contributed by atoms with Gasteiger partial charge >= 0.3 is 0 Å². The molecule has 0 bridgehead atoms. The van der Waals surface area contributed by atoms with Gasteiger partial charge in [-0.05, 0) is 17.0 Å². The molecule has 2 heterocycles. The van der Waals surface area contributed by atoms with Crippen LogP contribution in [0.2, 0.25) is 5.15 Å². The maximum absolute atomic E-state index is 6.10. The van der Waals surface area contributed by atoms with Crippen molar-refractivity contribution < 1.29 is 0 Å². The van der Waals surface area contributed by atoms with E-state index in [9.17, 15) is 0 Å². The molecule has 0 N–H and O–H groups in total. The first-order valence-corrected chi connectivity index (χ1v) is 6.34. The van der Waals surface area contributed by atoms with Gasteiger partial charge in [0.25, 0.3) is 0 Å². The summed E-state index contributed by atoms with van der Waals surface area (Å²) in [5, 5.41) is 2.61. The summed E-state index contributed by atoms with van der Waals surface area (Å²) >= 11 is 6.10. The molecule has 92 valence electrons. The fraction of sp³-hybridized carbons (Fsp3) is 0. The van der Waals surface area contributed by atoms with E-state index in [0.29, 0.717) is 5.15 Å². The molecule has 0 aliphatic rings. The Morgan fingerprint density at radius 1 is 0.895 bits per heavy atom. The van der Waals surface area contributed by atoms with Crippen molar-refractivity contribution in [2.24, 2.45) is 0 Å². The number of nitrogens with zero attached hydrogens (tertiary/aromatic N) is 2. The Labute approximate surface area is 116 Å². The Balaban J connectivity index is 2.07. The zero-order valence-electron chi connectivity index (χ0n) is 10.1. The smallest absolute Gasteiger partial charge is 0.136 e. The van der Waals surface area contributed by atoms with Gasteiger partial charge in [0.1, 0.15) is 5.15 Å². The molecular formula is C16H11ClN2. The molecule has 3 aromatic rings. The maximum Gasteiger partial charge on any atom is 0.136 e. The lowest BCUT2D eigenvalue weighted by molar-refractivity contribution is 1.32. The second kappa shape index (κ2) is 5.21. The van der Waals surface area contributed by atoms with Gasteiger partial charge in [0.05, 0.1) is 0 Å². The van der Waals surface area contributed by atoms with Crippen molar-refractivity contribution in [1.82, 2.24) is 9.97 Å². The molecule has 0 atom stereocenters. The molecule has 3 heteroatoms. The van der Waals surface area contributed by atoms with E-state index < -0.39 is 0 Å². The molecule has 0 radical (unpaired) electrons. The van der Waals surface area contributed by atoms with Crippen molar-refractivity contribution in [2.45, 2.75) is 0 Å². The molecule has 3 rings (SSSR count). The van der Waals surface area contributed by atoms with E-state index in [1.807, 2.05) is 54.7 Å². The highest BCUT2D eigenvalue weighted by atomic mass is 35.5. The summed E-state index contributed by atoms with van der Waals surface area (Å²) in [6.07, 6.45) is 9.42.